The fourth-order valence-electron chi connectivity index (χ4n) is 0.536. The van der Waals surface area contributed by atoms with E-state index < -0.39 is 6.56 Å². The minimum Gasteiger partial charge on any atom is -0.508 e. The van der Waals surface area contributed by atoms with Crippen molar-refractivity contribution in [2.75, 3.05) is 0 Å². The molecule has 0 aliphatic heterocycles. The SMILES string of the molecule is [2H]C([2H])(O)c1ccc(O)cc1. The van der Waals surface area contributed by atoms with E-state index in [0.717, 1.165) is 0 Å². The van der Waals surface area contributed by atoms with Gasteiger partial charge in [-0.05, 0) is 17.7 Å². The average molecular weight is 126 g/mol. The summed E-state index contributed by atoms with van der Waals surface area (Å²) < 4.78 is 13.8. The molecular formula is C7H8O2. The molecule has 0 atom stereocenters. The van der Waals surface area contributed by atoms with Crippen LogP contribution in [0.2, 0.25) is 0 Å². The van der Waals surface area contributed by atoms with E-state index in [2.05, 4.69) is 0 Å². The largest absolute Gasteiger partial charge is 0.508 e. The molecule has 0 aliphatic carbocycles. The highest BCUT2D eigenvalue weighted by molar-refractivity contribution is 5.25. The predicted octanol–water partition coefficient (Wildman–Crippen LogP) is 0.884. The Balaban J connectivity index is 2.99. The minimum atomic E-state index is -2.33. The third kappa shape index (κ3) is 1.44. The average Bonchev–Trinajstić information content (AvgIpc) is 1.86. The molecule has 0 spiro atoms. The van der Waals surface area contributed by atoms with Gasteiger partial charge in [-0.15, -0.1) is 0 Å². The van der Waals surface area contributed by atoms with Crippen LogP contribution in [0.5, 0.6) is 5.75 Å². The van der Waals surface area contributed by atoms with E-state index in [0.29, 0.717) is 0 Å². The molecule has 48 valence electrons. The van der Waals surface area contributed by atoms with Crippen LogP contribution in [-0.2, 0) is 6.56 Å². The van der Waals surface area contributed by atoms with Gasteiger partial charge in [0, 0.05) is 0 Å². The van der Waals surface area contributed by atoms with Gasteiger partial charge in [0.15, 0.2) is 0 Å². The molecule has 0 unspecified atom stereocenters. The van der Waals surface area contributed by atoms with E-state index >= 15 is 0 Å². The summed E-state index contributed by atoms with van der Waals surface area (Å²) in [6.45, 7) is -2.33. The number of phenolic OH excluding ortho intramolecular Hbond substituents is 1. The molecule has 0 heterocycles. The Morgan fingerprint density at radius 1 is 1.33 bits per heavy atom. The van der Waals surface area contributed by atoms with Crippen LogP contribution in [0, 0.1) is 0 Å². The summed E-state index contributed by atoms with van der Waals surface area (Å²) in [5, 5.41) is 17.6. The highest BCUT2D eigenvalue weighted by Crippen LogP contribution is 2.08. The molecule has 0 aliphatic rings. The zero-order valence-electron chi connectivity index (χ0n) is 6.70. The van der Waals surface area contributed by atoms with Crippen LogP contribution in [0.15, 0.2) is 24.3 Å². The maximum Gasteiger partial charge on any atom is 0.115 e. The number of aliphatic hydroxyl groups is 1. The van der Waals surface area contributed by atoms with Gasteiger partial charge in [-0.25, -0.2) is 0 Å². The number of aromatic hydroxyl groups is 1. The summed E-state index contributed by atoms with van der Waals surface area (Å²) in [4.78, 5) is 0. The normalized spacial score (nSPS) is 14.3. The molecule has 0 amide bonds. The van der Waals surface area contributed by atoms with Crippen molar-refractivity contribution in [2.45, 2.75) is 6.56 Å². The quantitative estimate of drug-likeness (QED) is 0.586. The zero-order valence-corrected chi connectivity index (χ0v) is 4.70. The Bertz CT molecular complexity index is 238. The van der Waals surface area contributed by atoms with Crippen LogP contribution in [0.3, 0.4) is 0 Å². The van der Waals surface area contributed by atoms with Gasteiger partial charge < -0.3 is 10.2 Å². The third-order valence-electron chi connectivity index (χ3n) is 0.996. The molecule has 2 nitrogen and oxygen atoms in total. The molecule has 2 heteroatoms. The van der Waals surface area contributed by atoms with Crippen molar-refractivity contribution in [1.29, 1.82) is 0 Å². The Morgan fingerprint density at radius 3 is 2.33 bits per heavy atom. The first-order valence-corrected chi connectivity index (χ1v) is 2.52. The van der Waals surface area contributed by atoms with Gasteiger partial charge in [-0.1, -0.05) is 12.1 Å². The second kappa shape index (κ2) is 2.51. The number of benzene rings is 1. The Kier molecular flexibility index (Phi) is 1.09. The fourth-order valence-corrected chi connectivity index (χ4v) is 0.536. The first kappa shape index (κ1) is 3.90. The van der Waals surface area contributed by atoms with E-state index in [9.17, 15) is 0 Å². The van der Waals surface area contributed by atoms with Crippen LogP contribution in [0.1, 0.15) is 8.30 Å². The zero-order chi connectivity index (χ0) is 8.48. The Hall–Kier alpha value is -1.02. The van der Waals surface area contributed by atoms with E-state index in [-0.39, 0.29) is 11.3 Å². The van der Waals surface area contributed by atoms with E-state index in [1.54, 1.807) is 0 Å². The van der Waals surface area contributed by atoms with Gasteiger partial charge in [0.05, 0.1) is 9.30 Å². The molecule has 1 rings (SSSR count). The molecule has 0 saturated carbocycles. The van der Waals surface area contributed by atoms with Gasteiger partial charge >= 0.3 is 0 Å². The number of hydrogen-bond donors (Lipinski definition) is 2. The second-order valence-corrected chi connectivity index (χ2v) is 1.66. The molecule has 2 N–H and O–H groups in total. The van der Waals surface area contributed by atoms with Crippen LogP contribution in [-0.4, -0.2) is 10.2 Å². The smallest absolute Gasteiger partial charge is 0.115 e. The van der Waals surface area contributed by atoms with Crippen molar-refractivity contribution >= 4 is 0 Å². The van der Waals surface area contributed by atoms with Gasteiger partial charge in [0.2, 0.25) is 0 Å². The highest BCUT2D eigenvalue weighted by atomic mass is 16.3. The van der Waals surface area contributed by atoms with E-state index in [1.807, 2.05) is 0 Å². The summed E-state index contributed by atoms with van der Waals surface area (Å²) in [5.74, 6) is 0.0537. The number of hydrogen-bond acceptors (Lipinski definition) is 2. The maximum absolute atomic E-state index is 8.83. The van der Waals surface area contributed by atoms with Crippen LogP contribution < -0.4 is 0 Å². The first-order chi connectivity index (χ1) is 5.00. The highest BCUT2D eigenvalue weighted by Gasteiger charge is 1.87. The van der Waals surface area contributed by atoms with Gasteiger partial charge in [0.25, 0.3) is 0 Å². The van der Waals surface area contributed by atoms with Crippen molar-refractivity contribution < 1.29 is 13.0 Å². The van der Waals surface area contributed by atoms with Crippen molar-refractivity contribution in [1.82, 2.24) is 0 Å². The molecule has 0 radical (unpaired) electrons. The summed E-state index contributed by atoms with van der Waals surface area (Å²) in [6, 6.07) is 5.30. The molecular weight excluding hydrogens is 116 g/mol. The van der Waals surface area contributed by atoms with Crippen molar-refractivity contribution in [3.63, 3.8) is 0 Å². The maximum atomic E-state index is 8.83. The minimum absolute atomic E-state index is 0.0537. The predicted molar refractivity (Wildman–Crippen MR) is 34.0 cm³/mol. The van der Waals surface area contributed by atoms with Gasteiger partial charge in [0.1, 0.15) is 5.75 Å². The van der Waals surface area contributed by atoms with E-state index in [4.69, 9.17) is 13.0 Å². The molecule has 9 heavy (non-hydrogen) atoms. The second-order valence-electron chi connectivity index (χ2n) is 1.66. The third-order valence-corrected chi connectivity index (χ3v) is 0.996. The van der Waals surface area contributed by atoms with Crippen LogP contribution in [0.4, 0.5) is 0 Å². The molecule has 1 aromatic rings. The summed E-state index contributed by atoms with van der Waals surface area (Å²) in [7, 11) is 0. The molecule has 0 aromatic heterocycles. The molecule has 0 bridgehead atoms. The molecule has 0 saturated heterocycles. The molecule has 1 aromatic carbocycles. The lowest BCUT2D eigenvalue weighted by Crippen LogP contribution is -1.78. The standard InChI is InChI=1S/C7H8O2/c8-5-6-1-3-7(9)4-2-6/h1-4,8-9H,5H2/i5D2. The molecule has 0 fully saturated rings. The number of rotatable bonds is 1. The lowest BCUT2D eigenvalue weighted by atomic mass is 10.2. The lowest BCUT2D eigenvalue weighted by Gasteiger charge is -1.93. The summed E-state index contributed by atoms with van der Waals surface area (Å²) in [6.07, 6.45) is 0. The number of phenols is 1. The fraction of sp³-hybridized carbons (Fsp3) is 0.143. The van der Waals surface area contributed by atoms with Crippen molar-refractivity contribution in [3.05, 3.63) is 29.8 Å². The summed E-state index contributed by atoms with van der Waals surface area (Å²) >= 11 is 0. The van der Waals surface area contributed by atoms with Crippen molar-refractivity contribution in [3.8, 4) is 5.75 Å². The van der Waals surface area contributed by atoms with Crippen molar-refractivity contribution in [2.24, 2.45) is 0 Å². The monoisotopic (exact) mass is 126 g/mol. The van der Waals surface area contributed by atoms with Crippen LogP contribution >= 0.6 is 0 Å². The van der Waals surface area contributed by atoms with Gasteiger partial charge in [-0.2, -0.15) is 0 Å². The first-order valence-electron chi connectivity index (χ1n) is 3.52. The lowest BCUT2D eigenvalue weighted by molar-refractivity contribution is 0.281. The van der Waals surface area contributed by atoms with Gasteiger partial charge in [-0.3, -0.25) is 0 Å². The topological polar surface area (TPSA) is 40.5 Å². The Labute approximate surface area is 56.2 Å². The van der Waals surface area contributed by atoms with Crippen LogP contribution in [0.25, 0.3) is 0 Å². The van der Waals surface area contributed by atoms with E-state index in [1.165, 1.54) is 24.3 Å². The summed E-state index contributed by atoms with van der Waals surface area (Å²) in [5.41, 5.74) is 0.135. The Morgan fingerprint density at radius 2 is 1.89 bits per heavy atom.